The molecule has 27 heavy (non-hydrogen) atoms. The zero-order valence-corrected chi connectivity index (χ0v) is 14.7. The molecule has 4 unspecified atom stereocenters. The third-order valence-corrected chi connectivity index (χ3v) is 5.03. The van der Waals surface area contributed by atoms with Crippen molar-refractivity contribution in [3.8, 4) is 0 Å². The third-order valence-electron chi connectivity index (χ3n) is 5.03. The molecule has 0 bridgehead atoms. The zero-order valence-electron chi connectivity index (χ0n) is 14.7. The first-order chi connectivity index (χ1) is 13.1. The van der Waals surface area contributed by atoms with Crippen LogP contribution in [0.5, 0.6) is 0 Å². The van der Waals surface area contributed by atoms with Crippen molar-refractivity contribution in [3.63, 3.8) is 0 Å². The second-order valence-corrected chi connectivity index (χ2v) is 6.74. The highest BCUT2D eigenvalue weighted by molar-refractivity contribution is 6.08. The summed E-state index contributed by atoms with van der Waals surface area (Å²) in [6, 6.07) is 11.6. The smallest absolute Gasteiger partial charge is 0.246 e. The van der Waals surface area contributed by atoms with Crippen molar-refractivity contribution in [2.45, 2.75) is 25.1 Å². The van der Waals surface area contributed by atoms with Gasteiger partial charge in [-0.25, -0.2) is 4.98 Å². The maximum atomic E-state index is 12.4. The first-order valence-electron chi connectivity index (χ1n) is 8.79. The average molecular weight is 364 g/mol. The van der Waals surface area contributed by atoms with Crippen molar-refractivity contribution in [2.75, 3.05) is 5.43 Å². The molecule has 7 heteroatoms. The van der Waals surface area contributed by atoms with E-state index in [4.69, 9.17) is 0 Å². The van der Waals surface area contributed by atoms with Gasteiger partial charge in [0.2, 0.25) is 11.8 Å². The zero-order chi connectivity index (χ0) is 19.0. The Morgan fingerprint density at radius 2 is 1.89 bits per heavy atom. The van der Waals surface area contributed by atoms with E-state index < -0.39 is 24.1 Å². The Morgan fingerprint density at radius 3 is 2.63 bits per heavy atom. The number of nitrogens with zero attached hydrogens (tertiary/aromatic N) is 2. The van der Waals surface area contributed by atoms with Gasteiger partial charge in [-0.05, 0) is 30.2 Å². The minimum absolute atomic E-state index is 0.335. The topological polar surface area (TPSA) is 94.6 Å². The number of pyridine rings is 1. The van der Waals surface area contributed by atoms with E-state index in [1.807, 2.05) is 37.3 Å². The summed E-state index contributed by atoms with van der Waals surface area (Å²) in [6.07, 6.45) is 4.22. The quantitative estimate of drug-likeness (QED) is 0.560. The normalized spacial score (nSPS) is 25.8. The van der Waals surface area contributed by atoms with E-state index in [9.17, 15) is 14.7 Å². The Balaban J connectivity index is 1.73. The van der Waals surface area contributed by atoms with Crippen molar-refractivity contribution in [3.05, 3.63) is 71.9 Å². The summed E-state index contributed by atoms with van der Waals surface area (Å²) >= 11 is 0. The lowest BCUT2D eigenvalue weighted by Gasteiger charge is -2.40. The summed E-state index contributed by atoms with van der Waals surface area (Å²) in [5.74, 6) is -0.799. The number of aromatic nitrogens is 1. The van der Waals surface area contributed by atoms with Gasteiger partial charge in [0.25, 0.3) is 0 Å². The van der Waals surface area contributed by atoms with Gasteiger partial charge in [-0.2, -0.15) is 5.01 Å². The van der Waals surface area contributed by atoms with Crippen LogP contribution in [0.4, 0.5) is 5.82 Å². The van der Waals surface area contributed by atoms with Gasteiger partial charge in [0, 0.05) is 6.20 Å². The van der Waals surface area contributed by atoms with E-state index >= 15 is 0 Å². The summed E-state index contributed by atoms with van der Waals surface area (Å²) in [5.41, 5.74) is 4.84. The largest absolute Gasteiger partial charge is 0.386 e. The maximum Gasteiger partial charge on any atom is 0.246 e. The van der Waals surface area contributed by atoms with E-state index in [2.05, 4.69) is 15.7 Å². The summed E-state index contributed by atoms with van der Waals surface area (Å²) in [5, 5.41) is 15.1. The predicted molar refractivity (Wildman–Crippen MR) is 99.2 cm³/mol. The standard InChI is InChI=1S/C20H20N4O3/c1-12-6-2-3-7-13(12)18(25)15-10-9-14-17(20(27)22-19(14)26)24(15)23-16-8-4-5-11-21-16/h2-11,14-15,17-18,25H,1H3,(H,21,23)(H,22,26,27). The van der Waals surface area contributed by atoms with Gasteiger partial charge in [-0.1, -0.05) is 42.5 Å². The van der Waals surface area contributed by atoms with E-state index in [0.29, 0.717) is 5.82 Å². The van der Waals surface area contributed by atoms with Crippen molar-refractivity contribution in [1.82, 2.24) is 15.3 Å². The molecule has 3 N–H and O–H groups in total. The fourth-order valence-electron chi connectivity index (χ4n) is 3.65. The molecule has 2 aliphatic rings. The number of carbonyl (C=O) groups is 2. The van der Waals surface area contributed by atoms with Gasteiger partial charge in [0.05, 0.1) is 12.0 Å². The highest BCUT2D eigenvalue weighted by Crippen LogP contribution is 2.33. The number of nitrogens with one attached hydrogen (secondary N) is 2. The first kappa shape index (κ1) is 17.4. The van der Waals surface area contributed by atoms with Gasteiger partial charge in [-0.15, -0.1) is 0 Å². The van der Waals surface area contributed by atoms with Crippen LogP contribution < -0.4 is 10.7 Å². The predicted octanol–water partition coefficient (Wildman–Crippen LogP) is 1.33. The molecule has 2 aromatic rings. The Hall–Kier alpha value is -3.03. The van der Waals surface area contributed by atoms with Gasteiger partial charge < -0.3 is 10.5 Å². The SMILES string of the molecule is Cc1ccccc1C(O)C1C=CC2C(=O)NC(=O)C2N1Nc1ccccn1. The van der Waals surface area contributed by atoms with Crippen molar-refractivity contribution < 1.29 is 14.7 Å². The summed E-state index contributed by atoms with van der Waals surface area (Å²) in [6.45, 7) is 1.93. The van der Waals surface area contributed by atoms with Crippen LogP contribution in [0.3, 0.4) is 0 Å². The number of aryl methyl sites for hydroxylation is 1. The van der Waals surface area contributed by atoms with Crippen LogP contribution in [-0.4, -0.2) is 39.0 Å². The minimum atomic E-state index is -0.886. The molecule has 4 rings (SSSR count). The second kappa shape index (κ2) is 6.94. The molecular weight excluding hydrogens is 344 g/mol. The number of carbonyl (C=O) groups excluding carboxylic acids is 2. The number of fused-ring (bicyclic) bond motifs is 1. The van der Waals surface area contributed by atoms with Gasteiger partial charge in [-0.3, -0.25) is 14.9 Å². The van der Waals surface area contributed by atoms with Crippen molar-refractivity contribution in [2.24, 2.45) is 5.92 Å². The third kappa shape index (κ3) is 3.11. The molecule has 0 spiro atoms. The number of hydrazine groups is 1. The van der Waals surface area contributed by atoms with Gasteiger partial charge in [0.1, 0.15) is 18.0 Å². The molecule has 0 radical (unpaired) electrons. The lowest BCUT2D eigenvalue weighted by atomic mass is 9.89. The monoisotopic (exact) mass is 364 g/mol. The Kier molecular flexibility index (Phi) is 4.47. The summed E-state index contributed by atoms with van der Waals surface area (Å²) in [7, 11) is 0. The van der Waals surface area contributed by atoms with Gasteiger partial charge in [0.15, 0.2) is 0 Å². The molecule has 2 aliphatic heterocycles. The minimum Gasteiger partial charge on any atom is -0.386 e. The number of imide groups is 1. The first-order valence-corrected chi connectivity index (χ1v) is 8.79. The van der Waals surface area contributed by atoms with E-state index in [1.165, 1.54) is 0 Å². The van der Waals surface area contributed by atoms with Crippen LogP contribution >= 0.6 is 0 Å². The number of amides is 2. The van der Waals surface area contributed by atoms with Gasteiger partial charge >= 0.3 is 0 Å². The average Bonchev–Trinajstić information content (AvgIpc) is 2.97. The molecule has 3 heterocycles. The van der Waals surface area contributed by atoms with E-state index in [0.717, 1.165) is 11.1 Å². The van der Waals surface area contributed by atoms with Crippen molar-refractivity contribution >= 4 is 17.6 Å². The number of hydrogen-bond acceptors (Lipinski definition) is 6. The highest BCUT2D eigenvalue weighted by atomic mass is 16.3. The molecule has 7 nitrogen and oxygen atoms in total. The molecule has 4 atom stereocenters. The maximum absolute atomic E-state index is 12.4. The fourth-order valence-corrected chi connectivity index (χ4v) is 3.65. The number of aliphatic hydroxyl groups excluding tert-OH is 1. The lowest BCUT2D eigenvalue weighted by Crippen LogP contribution is -2.55. The molecule has 138 valence electrons. The van der Waals surface area contributed by atoms with E-state index in [-0.39, 0.29) is 11.8 Å². The molecule has 1 saturated heterocycles. The number of hydrogen-bond donors (Lipinski definition) is 3. The summed E-state index contributed by atoms with van der Waals surface area (Å²) in [4.78, 5) is 28.8. The number of benzene rings is 1. The lowest BCUT2D eigenvalue weighted by molar-refractivity contribution is -0.126. The number of aliphatic hydroxyl groups is 1. The summed E-state index contributed by atoms with van der Waals surface area (Å²) < 4.78 is 0. The highest BCUT2D eigenvalue weighted by Gasteiger charge is 2.49. The molecular formula is C20H20N4O3. The van der Waals surface area contributed by atoms with Crippen LogP contribution in [0, 0.1) is 12.8 Å². The van der Waals surface area contributed by atoms with Crippen LogP contribution in [0.15, 0.2) is 60.8 Å². The Bertz CT molecular complexity index is 899. The molecule has 0 saturated carbocycles. The van der Waals surface area contributed by atoms with Crippen LogP contribution in [-0.2, 0) is 9.59 Å². The van der Waals surface area contributed by atoms with E-state index in [1.54, 1.807) is 35.5 Å². The molecule has 2 amide bonds. The van der Waals surface area contributed by atoms with Crippen LogP contribution in [0.2, 0.25) is 0 Å². The Labute approximate surface area is 156 Å². The number of anilines is 1. The van der Waals surface area contributed by atoms with Crippen molar-refractivity contribution in [1.29, 1.82) is 0 Å². The fraction of sp³-hybridized carbons (Fsp3) is 0.250. The molecule has 1 aromatic carbocycles. The van der Waals surface area contributed by atoms with Crippen LogP contribution in [0.25, 0.3) is 0 Å². The molecule has 0 aliphatic carbocycles. The van der Waals surface area contributed by atoms with Crippen LogP contribution in [0.1, 0.15) is 17.2 Å². The second-order valence-electron chi connectivity index (χ2n) is 6.74. The number of rotatable bonds is 4. The molecule has 1 fully saturated rings. The Morgan fingerprint density at radius 1 is 1.11 bits per heavy atom. The molecule has 1 aromatic heterocycles.